The number of ketones is 2. The van der Waals surface area contributed by atoms with Gasteiger partial charge in [0.15, 0.2) is 24.5 Å². The molecule has 0 unspecified atom stereocenters. The summed E-state index contributed by atoms with van der Waals surface area (Å²) in [5.74, 6) is -0.895. The summed E-state index contributed by atoms with van der Waals surface area (Å²) in [6.45, 7) is 1.24. The Morgan fingerprint density at radius 3 is 2.28 bits per heavy atom. The fraction of sp³-hybridized carbons (Fsp3) is 0.150. The van der Waals surface area contributed by atoms with E-state index in [4.69, 9.17) is 4.74 Å². The molecule has 0 bridgehead atoms. The Hall–Kier alpha value is -3.08. The topological polar surface area (TPSA) is 77.5 Å². The number of ether oxygens (including phenoxy) is 1. The van der Waals surface area contributed by atoms with E-state index in [1.165, 1.54) is 12.7 Å². The maximum Gasteiger partial charge on any atom is 0.306 e. The van der Waals surface area contributed by atoms with Gasteiger partial charge in [-0.1, -0.05) is 30.3 Å². The van der Waals surface area contributed by atoms with Crippen LogP contribution in [0.1, 0.15) is 56.7 Å². The first kappa shape index (κ1) is 16.8. The Balaban J connectivity index is 1.76. The second kappa shape index (κ2) is 7.21. The van der Waals surface area contributed by atoms with E-state index >= 15 is 0 Å². The molecule has 0 fully saturated rings. The number of hydrogen-bond acceptors (Lipinski definition) is 5. The molecule has 0 saturated carbocycles. The maximum atomic E-state index is 12.6. The first-order valence-corrected chi connectivity index (χ1v) is 7.82. The zero-order valence-corrected chi connectivity index (χ0v) is 13.3. The Morgan fingerprint density at radius 1 is 0.960 bits per heavy atom. The van der Waals surface area contributed by atoms with Crippen LogP contribution in [-0.4, -0.2) is 23.8 Å². The van der Waals surface area contributed by atoms with E-state index in [1.54, 1.807) is 42.7 Å². The van der Waals surface area contributed by atoms with Crippen LogP contribution in [0.5, 0.6) is 0 Å². The zero-order chi connectivity index (χ0) is 17.8. The molecular formula is C20H14O5. The summed E-state index contributed by atoms with van der Waals surface area (Å²) in [6, 6.07) is 11.4. The van der Waals surface area contributed by atoms with E-state index < -0.39 is 5.97 Å². The fourth-order valence-electron chi connectivity index (χ4n) is 2.69. The van der Waals surface area contributed by atoms with E-state index in [9.17, 15) is 19.2 Å². The number of benzene rings is 2. The van der Waals surface area contributed by atoms with Crippen LogP contribution >= 0.6 is 0 Å². The minimum Gasteiger partial charge on any atom is -0.453 e. The number of hydrogen-bond donors (Lipinski definition) is 0. The molecule has 0 heterocycles. The van der Waals surface area contributed by atoms with Gasteiger partial charge in [0.2, 0.25) is 0 Å². The lowest BCUT2D eigenvalue weighted by Crippen LogP contribution is -2.21. The average Bonchev–Trinajstić information content (AvgIpc) is 2.64. The number of rotatable bonds is 6. The fourth-order valence-corrected chi connectivity index (χ4v) is 2.69. The van der Waals surface area contributed by atoms with Crippen molar-refractivity contribution < 1.29 is 23.9 Å². The van der Waals surface area contributed by atoms with Gasteiger partial charge in [0, 0.05) is 35.1 Å². The van der Waals surface area contributed by atoms with Gasteiger partial charge in [-0.15, -0.1) is 0 Å². The number of unbranched alkanes of at least 4 members (excludes halogenated alkanes) is 1. The SMILES string of the molecule is O=[C]CCCC(=O)O[CH]c1ccc2c(c1)C(=O)c1ccccc1C2=O. The largest absolute Gasteiger partial charge is 0.453 e. The molecule has 0 spiro atoms. The van der Waals surface area contributed by atoms with Crippen molar-refractivity contribution in [3.8, 4) is 0 Å². The Morgan fingerprint density at radius 2 is 1.60 bits per heavy atom. The number of carbonyl (C=O) groups excluding carboxylic acids is 4. The highest BCUT2D eigenvalue weighted by Gasteiger charge is 2.29. The molecular weight excluding hydrogens is 320 g/mol. The third-order valence-corrected chi connectivity index (χ3v) is 3.94. The van der Waals surface area contributed by atoms with E-state index in [2.05, 4.69) is 0 Å². The van der Waals surface area contributed by atoms with Crippen molar-refractivity contribution in [3.05, 3.63) is 76.9 Å². The molecule has 1 aliphatic rings. The quantitative estimate of drug-likeness (QED) is 0.512. The molecule has 0 atom stereocenters. The summed E-state index contributed by atoms with van der Waals surface area (Å²) in [7, 11) is 0. The van der Waals surface area contributed by atoms with Crippen LogP contribution in [0.4, 0.5) is 0 Å². The van der Waals surface area contributed by atoms with Crippen molar-refractivity contribution in [2.45, 2.75) is 19.3 Å². The van der Waals surface area contributed by atoms with Crippen molar-refractivity contribution >= 4 is 23.8 Å². The Labute approximate surface area is 144 Å². The van der Waals surface area contributed by atoms with Crippen molar-refractivity contribution in [1.82, 2.24) is 0 Å². The number of esters is 1. The van der Waals surface area contributed by atoms with Gasteiger partial charge in [-0.05, 0) is 24.1 Å². The standard InChI is InChI=1S/C20H14O5/c21-10-4-3-7-18(22)25-12-13-8-9-16-17(11-13)20(24)15-6-2-1-5-14(15)19(16)23/h1-2,5-6,8-9,11-12H,3-4,7H2. The van der Waals surface area contributed by atoms with Crippen LogP contribution < -0.4 is 0 Å². The smallest absolute Gasteiger partial charge is 0.306 e. The highest BCUT2D eigenvalue weighted by molar-refractivity contribution is 6.28. The van der Waals surface area contributed by atoms with E-state index in [0.717, 1.165) is 0 Å². The highest BCUT2D eigenvalue weighted by atomic mass is 16.5. The maximum absolute atomic E-state index is 12.6. The molecule has 3 rings (SSSR count). The van der Waals surface area contributed by atoms with Crippen LogP contribution in [0.3, 0.4) is 0 Å². The third-order valence-electron chi connectivity index (χ3n) is 3.94. The van der Waals surface area contributed by atoms with E-state index in [-0.39, 0.29) is 24.4 Å². The molecule has 0 N–H and O–H groups in total. The predicted molar refractivity (Wildman–Crippen MR) is 88.8 cm³/mol. The van der Waals surface area contributed by atoms with Crippen molar-refractivity contribution in [2.24, 2.45) is 0 Å². The second-order valence-corrected chi connectivity index (χ2v) is 5.61. The van der Waals surface area contributed by atoms with Gasteiger partial charge in [0.1, 0.15) is 0 Å². The molecule has 5 nitrogen and oxygen atoms in total. The van der Waals surface area contributed by atoms with Gasteiger partial charge in [-0.2, -0.15) is 0 Å². The normalized spacial score (nSPS) is 12.3. The van der Waals surface area contributed by atoms with Gasteiger partial charge < -0.3 is 4.74 Å². The number of carbonyl (C=O) groups is 3. The van der Waals surface area contributed by atoms with Crippen molar-refractivity contribution in [1.29, 1.82) is 0 Å². The van der Waals surface area contributed by atoms with Gasteiger partial charge in [0.25, 0.3) is 0 Å². The van der Waals surface area contributed by atoms with Gasteiger partial charge in [-0.25, -0.2) is 0 Å². The molecule has 0 amide bonds. The second-order valence-electron chi connectivity index (χ2n) is 5.61. The molecule has 0 aliphatic heterocycles. The zero-order valence-electron chi connectivity index (χ0n) is 13.3. The lowest BCUT2D eigenvalue weighted by molar-refractivity contribution is -0.139. The molecule has 2 radical (unpaired) electrons. The lowest BCUT2D eigenvalue weighted by atomic mass is 9.83. The summed E-state index contributed by atoms with van der Waals surface area (Å²) in [4.78, 5) is 46.8. The molecule has 0 saturated heterocycles. The molecule has 124 valence electrons. The molecule has 1 aliphatic carbocycles. The lowest BCUT2D eigenvalue weighted by Gasteiger charge is -2.17. The molecule has 2 aromatic rings. The van der Waals surface area contributed by atoms with Gasteiger partial charge in [0.05, 0.1) is 0 Å². The van der Waals surface area contributed by atoms with Crippen molar-refractivity contribution in [2.75, 3.05) is 0 Å². The molecule has 0 aromatic heterocycles. The predicted octanol–water partition coefficient (Wildman–Crippen LogP) is 2.80. The third kappa shape index (κ3) is 3.40. The van der Waals surface area contributed by atoms with Crippen LogP contribution in [-0.2, 0) is 14.3 Å². The van der Waals surface area contributed by atoms with E-state index in [0.29, 0.717) is 34.2 Å². The molecule has 2 aromatic carbocycles. The Bertz CT molecular complexity index is 866. The van der Waals surface area contributed by atoms with Crippen LogP contribution in [0.15, 0.2) is 42.5 Å². The number of fused-ring (bicyclic) bond motifs is 2. The minimum atomic E-state index is -0.472. The summed E-state index contributed by atoms with van der Waals surface area (Å²) >= 11 is 0. The Kier molecular flexibility index (Phi) is 4.84. The van der Waals surface area contributed by atoms with Gasteiger partial charge >= 0.3 is 5.97 Å². The van der Waals surface area contributed by atoms with E-state index in [1.807, 2.05) is 0 Å². The van der Waals surface area contributed by atoms with Gasteiger partial charge in [-0.3, -0.25) is 19.2 Å². The van der Waals surface area contributed by atoms with Crippen LogP contribution in [0.25, 0.3) is 0 Å². The summed E-state index contributed by atoms with van der Waals surface area (Å²) in [5.41, 5.74) is 1.92. The first-order chi connectivity index (χ1) is 12.1. The van der Waals surface area contributed by atoms with Crippen LogP contribution in [0.2, 0.25) is 0 Å². The average molecular weight is 334 g/mol. The molecule has 25 heavy (non-hydrogen) atoms. The minimum absolute atomic E-state index is 0.113. The summed E-state index contributed by atoms with van der Waals surface area (Å²) in [5, 5.41) is 0. The van der Waals surface area contributed by atoms with Crippen molar-refractivity contribution in [3.63, 3.8) is 0 Å². The summed E-state index contributed by atoms with van der Waals surface area (Å²) < 4.78 is 5.01. The first-order valence-electron chi connectivity index (χ1n) is 7.82. The summed E-state index contributed by atoms with van der Waals surface area (Å²) in [6.07, 6.45) is 2.39. The molecule has 5 heteroatoms. The highest BCUT2D eigenvalue weighted by Crippen LogP contribution is 2.28. The van der Waals surface area contributed by atoms with Crippen LogP contribution in [0, 0.1) is 6.61 Å². The monoisotopic (exact) mass is 334 g/mol.